The lowest BCUT2D eigenvalue weighted by atomic mass is 10.1. The number of likely N-dealkylation sites (tertiary alicyclic amines) is 1. The SMILES string of the molecule is CC(C)N1CCC(CNc2ncc(Br)cc2Cl)C1. The maximum absolute atomic E-state index is 6.13. The molecule has 0 saturated carbocycles. The summed E-state index contributed by atoms with van der Waals surface area (Å²) in [4.78, 5) is 6.81. The smallest absolute Gasteiger partial charge is 0.144 e. The second kappa shape index (κ2) is 6.22. The van der Waals surface area contributed by atoms with Crippen LogP contribution in [0.25, 0.3) is 0 Å². The molecule has 1 atom stereocenters. The fourth-order valence-corrected chi connectivity index (χ4v) is 2.98. The molecule has 2 rings (SSSR count). The molecule has 1 saturated heterocycles. The number of halogens is 2. The van der Waals surface area contributed by atoms with Gasteiger partial charge in [0.2, 0.25) is 0 Å². The Balaban J connectivity index is 1.85. The summed E-state index contributed by atoms with van der Waals surface area (Å²) in [7, 11) is 0. The molecule has 1 unspecified atom stereocenters. The highest BCUT2D eigenvalue weighted by atomic mass is 79.9. The van der Waals surface area contributed by atoms with Crippen LogP contribution in [0.15, 0.2) is 16.7 Å². The van der Waals surface area contributed by atoms with Crippen molar-refractivity contribution in [1.82, 2.24) is 9.88 Å². The Morgan fingerprint density at radius 2 is 2.39 bits per heavy atom. The molecule has 2 heterocycles. The van der Waals surface area contributed by atoms with Crippen molar-refractivity contribution in [2.45, 2.75) is 26.3 Å². The van der Waals surface area contributed by atoms with Crippen molar-refractivity contribution in [3.05, 3.63) is 21.8 Å². The molecule has 1 fully saturated rings. The number of hydrogen-bond donors (Lipinski definition) is 1. The van der Waals surface area contributed by atoms with Crippen LogP contribution in [0.4, 0.5) is 5.82 Å². The molecule has 1 aromatic rings. The van der Waals surface area contributed by atoms with E-state index in [1.54, 1.807) is 6.20 Å². The number of nitrogens with one attached hydrogen (secondary N) is 1. The van der Waals surface area contributed by atoms with E-state index in [9.17, 15) is 0 Å². The minimum Gasteiger partial charge on any atom is -0.369 e. The Kier molecular flexibility index (Phi) is 4.87. The van der Waals surface area contributed by atoms with Crippen molar-refractivity contribution in [3.8, 4) is 0 Å². The molecule has 0 amide bonds. The highest BCUT2D eigenvalue weighted by Crippen LogP contribution is 2.24. The van der Waals surface area contributed by atoms with E-state index >= 15 is 0 Å². The average Bonchev–Trinajstić information content (AvgIpc) is 2.76. The summed E-state index contributed by atoms with van der Waals surface area (Å²) >= 11 is 9.48. The van der Waals surface area contributed by atoms with Crippen molar-refractivity contribution in [2.75, 3.05) is 25.0 Å². The van der Waals surface area contributed by atoms with Gasteiger partial charge < -0.3 is 10.2 Å². The number of aromatic nitrogens is 1. The van der Waals surface area contributed by atoms with E-state index in [1.807, 2.05) is 6.07 Å². The van der Waals surface area contributed by atoms with Crippen molar-refractivity contribution in [1.29, 1.82) is 0 Å². The van der Waals surface area contributed by atoms with E-state index < -0.39 is 0 Å². The lowest BCUT2D eigenvalue weighted by molar-refractivity contribution is 0.266. The van der Waals surface area contributed by atoms with Crippen LogP contribution >= 0.6 is 27.5 Å². The van der Waals surface area contributed by atoms with Crippen LogP contribution < -0.4 is 5.32 Å². The summed E-state index contributed by atoms with van der Waals surface area (Å²) in [6.07, 6.45) is 3.02. The molecule has 0 aromatic carbocycles. The van der Waals surface area contributed by atoms with E-state index in [4.69, 9.17) is 11.6 Å². The van der Waals surface area contributed by atoms with Crippen LogP contribution in [0.3, 0.4) is 0 Å². The summed E-state index contributed by atoms with van der Waals surface area (Å²) < 4.78 is 0.907. The van der Waals surface area contributed by atoms with Gasteiger partial charge in [-0.25, -0.2) is 4.98 Å². The standard InChI is InChI=1S/C13H19BrClN3/c1-9(2)18-4-3-10(8-18)6-16-13-12(15)5-11(14)7-17-13/h5,7,9-10H,3-4,6,8H2,1-2H3,(H,16,17). The molecule has 3 nitrogen and oxygen atoms in total. The summed E-state index contributed by atoms with van der Waals surface area (Å²) in [5.41, 5.74) is 0. The molecule has 0 bridgehead atoms. The van der Waals surface area contributed by atoms with Crippen LogP contribution in [0, 0.1) is 5.92 Å². The Morgan fingerprint density at radius 3 is 3.00 bits per heavy atom. The van der Waals surface area contributed by atoms with Gasteiger partial charge in [0.05, 0.1) is 5.02 Å². The highest BCUT2D eigenvalue weighted by molar-refractivity contribution is 9.10. The van der Waals surface area contributed by atoms with Gasteiger partial charge >= 0.3 is 0 Å². The average molecular weight is 333 g/mol. The third-order valence-corrected chi connectivity index (χ3v) is 4.14. The zero-order valence-corrected chi connectivity index (χ0v) is 13.1. The Labute approximate surface area is 122 Å². The van der Waals surface area contributed by atoms with Gasteiger partial charge in [-0.15, -0.1) is 0 Å². The Bertz CT molecular complexity index is 411. The molecule has 1 aliphatic heterocycles. The maximum atomic E-state index is 6.13. The van der Waals surface area contributed by atoms with Gasteiger partial charge in [-0.05, 0) is 54.7 Å². The first-order chi connectivity index (χ1) is 8.56. The topological polar surface area (TPSA) is 28.2 Å². The van der Waals surface area contributed by atoms with Crippen molar-refractivity contribution < 1.29 is 0 Å². The van der Waals surface area contributed by atoms with E-state index in [0.29, 0.717) is 17.0 Å². The van der Waals surface area contributed by atoms with Crippen LogP contribution in [0.5, 0.6) is 0 Å². The van der Waals surface area contributed by atoms with E-state index in [1.165, 1.54) is 19.5 Å². The second-order valence-corrected chi connectivity index (χ2v) is 6.43. The zero-order chi connectivity index (χ0) is 13.1. The van der Waals surface area contributed by atoms with Crippen LogP contribution in [0.2, 0.25) is 5.02 Å². The van der Waals surface area contributed by atoms with Gasteiger partial charge in [0.1, 0.15) is 5.82 Å². The molecule has 0 spiro atoms. The number of rotatable bonds is 4. The van der Waals surface area contributed by atoms with Crippen LogP contribution in [-0.4, -0.2) is 35.6 Å². The van der Waals surface area contributed by atoms with Gasteiger partial charge in [0.25, 0.3) is 0 Å². The molecule has 0 radical (unpaired) electrons. The molecule has 1 aromatic heterocycles. The highest BCUT2D eigenvalue weighted by Gasteiger charge is 2.24. The quantitative estimate of drug-likeness (QED) is 0.912. The minimum absolute atomic E-state index is 0.643. The number of pyridine rings is 1. The van der Waals surface area contributed by atoms with Crippen molar-refractivity contribution in [2.24, 2.45) is 5.92 Å². The molecule has 1 N–H and O–H groups in total. The van der Waals surface area contributed by atoms with Gasteiger partial charge in [-0.1, -0.05) is 11.6 Å². The molecule has 18 heavy (non-hydrogen) atoms. The fraction of sp³-hybridized carbons (Fsp3) is 0.615. The summed E-state index contributed by atoms with van der Waals surface area (Å²) in [6, 6.07) is 2.51. The second-order valence-electron chi connectivity index (χ2n) is 5.11. The molecule has 0 aliphatic carbocycles. The molecular formula is C13H19BrClN3. The predicted octanol–water partition coefficient (Wildman–Crippen LogP) is 3.64. The third kappa shape index (κ3) is 3.59. The van der Waals surface area contributed by atoms with E-state index in [2.05, 4.69) is 45.0 Å². The first kappa shape index (κ1) is 14.1. The fourth-order valence-electron chi connectivity index (χ4n) is 2.28. The summed E-state index contributed by atoms with van der Waals surface area (Å²) in [5, 5.41) is 4.02. The summed E-state index contributed by atoms with van der Waals surface area (Å²) in [6.45, 7) is 7.81. The van der Waals surface area contributed by atoms with Gasteiger partial charge in [-0.3, -0.25) is 0 Å². The molecule has 100 valence electrons. The van der Waals surface area contributed by atoms with Crippen LogP contribution in [-0.2, 0) is 0 Å². The normalized spacial score (nSPS) is 20.6. The van der Waals surface area contributed by atoms with Gasteiger partial charge in [-0.2, -0.15) is 0 Å². The minimum atomic E-state index is 0.643. The molecule has 5 heteroatoms. The van der Waals surface area contributed by atoms with E-state index in [-0.39, 0.29) is 0 Å². The first-order valence-electron chi connectivity index (χ1n) is 6.35. The third-order valence-electron chi connectivity index (χ3n) is 3.41. The lowest BCUT2D eigenvalue weighted by Crippen LogP contribution is -2.29. The Morgan fingerprint density at radius 1 is 1.61 bits per heavy atom. The predicted molar refractivity (Wildman–Crippen MR) is 80.3 cm³/mol. The maximum Gasteiger partial charge on any atom is 0.144 e. The van der Waals surface area contributed by atoms with Crippen LogP contribution in [0.1, 0.15) is 20.3 Å². The van der Waals surface area contributed by atoms with E-state index in [0.717, 1.165) is 16.8 Å². The molecular weight excluding hydrogens is 314 g/mol. The zero-order valence-electron chi connectivity index (χ0n) is 10.8. The lowest BCUT2D eigenvalue weighted by Gasteiger charge is -2.20. The van der Waals surface area contributed by atoms with Gasteiger partial charge in [0, 0.05) is 29.8 Å². The number of anilines is 1. The Hall–Kier alpha value is -0.320. The number of nitrogens with zero attached hydrogens (tertiary/aromatic N) is 2. The van der Waals surface area contributed by atoms with Gasteiger partial charge in [0.15, 0.2) is 0 Å². The largest absolute Gasteiger partial charge is 0.369 e. The van der Waals surface area contributed by atoms with Crippen molar-refractivity contribution >= 4 is 33.3 Å². The monoisotopic (exact) mass is 331 g/mol. The first-order valence-corrected chi connectivity index (χ1v) is 7.52. The summed E-state index contributed by atoms with van der Waals surface area (Å²) in [5.74, 6) is 1.47. The molecule has 1 aliphatic rings. The number of hydrogen-bond acceptors (Lipinski definition) is 3. The van der Waals surface area contributed by atoms with Crippen molar-refractivity contribution in [3.63, 3.8) is 0 Å².